The maximum atomic E-state index is 12.9. The van der Waals surface area contributed by atoms with Gasteiger partial charge in [0.15, 0.2) is 0 Å². The Kier molecular flexibility index (Phi) is 6.06. The molecule has 3 aromatic rings. The summed E-state index contributed by atoms with van der Waals surface area (Å²) in [6, 6.07) is 29.6. The van der Waals surface area contributed by atoms with E-state index in [1.807, 2.05) is 86.8 Å². The van der Waals surface area contributed by atoms with E-state index in [1.54, 1.807) is 4.90 Å². The lowest BCUT2D eigenvalue weighted by molar-refractivity contribution is 0.220. The van der Waals surface area contributed by atoms with E-state index in [0.717, 1.165) is 22.4 Å². The van der Waals surface area contributed by atoms with Crippen molar-refractivity contribution in [2.45, 2.75) is 19.9 Å². The van der Waals surface area contributed by atoms with Gasteiger partial charge in [-0.15, -0.1) is 0 Å². The fraction of sp³-hybridized carbons (Fsp3) is 0.125. The summed E-state index contributed by atoms with van der Waals surface area (Å²) in [5.41, 5.74) is 3.93. The van der Waals surface area contributed by atoms with Crippen LogP contribution in [0.5, 0.6) is 0 Å². The van der Waals surface area contributed by atoms with Gasteiger partial charge in [0.1, 0.15) is 0 Å². The molecule has 3 aromatic carbocycles. The second-order valence-electron chi connectivity index (χ2n) is 6.57. The molecule has 3 heteroatoms. The molecule has 136 valence electrons. The van der Waals surface area contributed by atoms with E-state index < -0.39 is 0 Å². The Hall–Kier alpha value is -3.33. The van der Waals surface area contributed by atoms with E-state index in [1.165, 1.54) is 0 Å². The average Bonchev–Trinajstić information content (AvgIpc) is 2.70. The van der Waals surface area contributed by atoms with Crippen molar-refractivity contribution in [1.82, 2.24) is 4.90 Å². The molecule has 0 fully saturated rings. The first kappa shape index (κ1) is 18.5. The maximum Gasteiger partial charge on any atom is 0.326 e. The molecule has 3 nitrogen and oxygen atoms in total. The Morgan fingerprint density at radius 1 is 0.778 bits per heavy atom. The zero-order valence-corrected chi connectivity index (χ0v) is 15.7. The number of hydrogen-bond acceptors (Lipinski definition) is 1. The zero-order valence-electron chi connectivity index (χ0n) is 15.7. The summed E-state index contributed by atoms with van der Waals surface area (Å²) >= 11 is 0. The van der Waals surface area contributed by atoms with Crippen molar-refractivity contribution in [3.63, 3.8) is 0 Å². The highest BCUT2D eigenvalue weighted by molar-refractivity contribution is 5.92. The number of para-hydroxylation sites is 1. The van der Waals surface area contributed by atoms with Gasteiger partial charge in [-0.1, -0.05) is 78.9 Å². The molecule has 0 saturated heterocycles. The van der Waals surface area contributed by atoms with Crippen LogP contribution in [-0.4, -0.2) is 17.0 Å². The molecule has 0 radical (unpaired) electrons. The molecule has 0 heterocycles. The molecule has 1 N–H and O–H groups in total. The third kappa shape index (κ3) is 4.85. The van der Waals surface area contributed by atoms with Crippen LogP contribution in [0, 0.1) is 0 Å². The summed E-state index contributed by atoms with van der Waals surface area (Å²) < 4.78 is 0. The SMILES string of the molecule is CC(C)N(C=C(c1ccccc1)c1ccccc1)C(=O)Nc1ccccc1. The minimum atomic E-state index is -0.152. The smallest absolute Gasteiger partial charge is 0.308 e. The third-order valence-corrected chi connectivity index (χ3v) is 4.25. The molecular weight excluding hydrogens is 332 g/mol. The lowest BCUT2D eigenvalue weighted by Gasteiger charge is -2.25. The summed E-state index contributed by atoms with van der Waals surface area (Å²) in [4.78, 5) is 14.7. The predicted octanol–water partition coefficient (Wildman–Crippen LogP) is 6.02. The number of nitrogens with zero attached hydrogens (tertiary/aromatic N) is 1. The van der Waals surface area contributed by atoms with Crippen LogP contribution in [0.2, 0.25) is 0 Å². The van der Waals surface area contributed by atoms with E-state index in [0.29, 0.717) is 0 Å². The Morgan fingerprint density at radius 3 is 1.67 bits per heavy atom. The molecule has 0 atom stereocenters. The molecule has 0 saturated carbocycles. The van der Waals surface area contributed by atoms with Crippen molar-refractivity contribution in [3.8, 4) is 0 Å². The highest BCUT2D eigenvalue weighted by Gasteiger charge is 2.17. The van der Waals surface area contributed by atoms with Crippen LogP contribution >= 0.6 is 0 Å². The number of benzene rings is 3. The topological polar surface area (TPSA) is 32.3 Å². The normalized spacial score (nSPS) is 10.3. The number of carbonyl (C=O) groups excluding carboxylic acids is 1. The first-order chi connectivity index (χ1) is 13.1. The largest absolute Gasteiger partial charge is 0.326 e. The number of urea groups is 1. The Morgan fingerprint density at radius 2 is 1.22 bits per heavy atom. The van der Waals surface area contributed by atoms with Crippen molar-refractivity contribution < 1.29 is 4.79 Å². The molecule has 0 aliphatic rings. The molecule has 0 spiro atoms. The van der Waals surface area contributed by atoms with Gasteiger partial charge in [-0.05, 0) is 37.1 Å². The minimum Gasteiger partial charge on any atom is -0.308 e. The van der Waals surface area contributed by atoms with Gasteiger partial charge in [0, 0.05) is 23.5 Å². The van der Waals surface area contributed by atoms with Crippen molar-refractivity contribution in [2.24, 2.45) is 0 Å². The van der Waals surface area contributed by atoms with Gasteiger partial charge in [0.2, 0.25) is 0 Å². The highest BCUT2D eigenvalue weighted by Crippen LogP contribution is 2.25. The van der Waals surface area contributed by atoms with Gasteiger partial charge in [-0.3, -0.25) is 4.90 Å². The van der Waals surface area contributed by atoms with Crippen molar-refractivity contribution in [2.75, 3.05) is 5.32 Å². The second kappa shape index (κ2) is 8.86. The van der Waals surface area contributed by atoms with Crippen LogP contribution in [0.25, 0.3) is 5.57 Å². The molecule has 0 unspecified atom stereocenters. The lowest BCUT2D eigenvalue weighted by atomic mass is 9.98. The summed E-state index contributed by atoms with van der Waals surface area (Å²) in [5.74, 6) is 0. The van der Waals surface area contributed by atoms with Crippen molar-refractivity contribution in [1.29, 1.82) is 0 Å². The monoisotopic (exact) mass is 356 g/mol. The number of nitrogens with one attached hydrogen (secondary N) is 1. The molecule has 0 aliphatic heterocycles. The van der Waals surface area contributed by atoms with Crippen LogP contribution in [-0.2, 0) is 0 Å². The fourth-order valence-corrected chi connectivity index (χ4v) is 2.84. The second-order valence-corrected chi connectivity index (χ2v) is 6.57. The summed E-state index contributed by atoms with van der Waals surface area (Å²) in [6.45, 7) is 4.02. The molecule has 27 heavy (non-hydrogen) atoms. The molecule has 2 amide bonds. The van der Waals surface area contributed by atoms with Crippen LogP contribution < -0.4 is 5.32 Å². The molecule has 3 rings (SSSR count). The van der Waals surface area contributed by atoms with Gasteiger partial charge in [0.25, 0.3) is 0 Å². The molecule has 0 bridgehead atoms. The summed E-state index contributed by atoms with van der Waals surface area (Å²) in [6.07, 6.45) is 1.94. The van der Waals surface area contributed by atoms with Gasteiger partial charge in [0.05, 0.1) is 0 Å². The van der Waals surface area contributed by atoms with Crippen LogP contribution in [0.3, 0.4) is 0 Å². The quantitative estimate of drug-likeness (QED) is 0.596. The van der Waals surface area contributed by atoms with Crippen LogP contribution in [0.1, 0.15) is 25.0 Å². The standard InChI is InChI=1S/C24H24N2O/c1-19(2)26(24(27)25-22-16-10-5-11-17-22)18-23(20-12-6-3-7-13-20)21-14-8-4-9-15-21/h3-19H,1-2H3,(H,25,27). The Balaban J connectivity index is 1.98. The predicted molar refractivity (Wildman–Crippen MR) is 112 cm³/mol. The fourth-order valence-electron chi connectivity index (χ4n) is 2.84. The minimum absolute atomic E-state index is 0.0103. The van der Waals surface area contributed by atoms with E-state index in [9.17, 15) is 4.79 Å². The van der Waals surface area contributed by atoms with Gasteiger partial charge < -0.3 is 5.32 Å². The molecule has 0 aromatic heterocycles. The molecular formula is C24H24N2O. The first-order valence-electron chi connectivity index (χ1n) is 9.12. The number of carbonyl (C=O) groups is 1. The van der Waals surface area contributed by atoms with Crippen LogP contribution in [0.15, 0.2) is 97.2 Å². The van der Waals surface area contributed by atoms with E-state index in [2.05, 4.69) is 29.6 Å². The highest BCUT2D eigenvalue weighted by atomic mass is 16.2. The van der Waals surface area contributed by atoms with Crippen molar-refractivity contribution in [3.05, 3.63) is 108 Å². The Labute approximate surface area is 161 Å². The number of hydrogen-bond donors (Lipinski definition) is 1. The first-order valence-corrected chi connectivity index (χ1v) is 9.12. The number of rotatable bonds is 5. The Bertz CT molecular complexity index is 846. The van der Waals surface area contributed by atoms with E-state index in [4.69, 9.17) is 0 Å². The van der Waals surface area contributed by atoms with Crippen LogP contribution in [0.4, 0.5) is 10.5 Å². The lowest BCUT2D eigenvalue weighted by Crippen LogP contribution is -2.36. The van der Waals surface area contributed by atoms with Gasteiger partial charge in [-0.2, -0.15) is 0 Å². The van der Waals surface area contributed by atoms with Crippen molar-refractivity contribution >= 4 is 17.3 Å². The third-order valence-electron chi connectivity index (χ3n) is 4.25. The summed E-state index contributed by atoms with van der Waals surface area (Å²) in [7, 11) is 0. The summed E-state index contributed by atoms with van der Waals surface area (Å²) in [5, 5.41) is 2.97. The zero-order chi connectivity index (χ0) is 19.1. The maximum absolute atomic E-state index is 12.9. The van der Waals surface area contributed by atoms with E-state index >= 15 is 0 Å². The van der Waals surface area contributed by atoms with Gasteiger partial charge >= 0.3 is 6.03 Å². The van der Waals surface area contributed by atoms with Gasteiger partial charge in [-0.25, -0.2) is 4.79 Å². The van der Waals surface area contributed by atoms with E-state index in [-0.39, 0.29) is 12.1 Å². The molecule has 0 aliphatic carbocycles. The number of anilines is 1. The average molecular weight is 356 g/mol. The number of amides is 2.